The Morgan fingerprint density at radius 3 is 1.62 bits per heavy atom. The second-order valence-electron chi connectivity index (χ2n) is 2.75. The average Bonchev–Trinajstić information content (AvgIpc) is 2.37. The lowest BCUT2D eigenvalue weighted by Gasteiger charge is -1.87. The molecule has 0 fully saturated rings. The highest BCUT2D eigenvalue weighted by molar-refractivity contribution is 5.79. The first-order valence-electron chi connectivity index (χ1n) is 4.53. The largest absolute Gasteiger partial charge is 0.261 e. The molecule has 0 saturated heterocycles. The standard InChI is InChI=1S/C10H8N6/c1-3-13-9(5-11-1)7-15-16-8-10-6-12-2-4-14-10/h1-8H. The monoisotopic (exact) mass is 212 g/mol. The smallest absolute Gasteiger partial charge is 0.101 e. The van der Waals surface area contributed by atoms with Crippen LogP contribution in [-0.2, 0) is 0 Å². The van der Waals surface area contributed by atoms with Crippen LogP contribution in [0.25, 0.3) is 0 Å². The zero-order chi connectivity index (χ0) is 11.1. The molecule has 0 unspecified atom stereocenters. The van der Waals surface area contributed by atoms with Crippen LogP contribution in [0.1, 0.15) is 11.4 Å². The molecule has 6 nitrogen and oxygen atoms in total. The Morgan fingerprint density at radius 2 is 1.25 bits per heavy atom. The van der Waals surface area contributed by atoms with Gasteiger partial charge in [0.25, 0.3) is 0 Å². The molecule has 0 aliphatic rings. The minimum atomic E-state index is 0.652. The molecule has 2 aromatic heterocycles. The van der Waals surface area contributed by atoms with Gasteiger partial charge in [-0.15, -0.1) is 0 Å². The summed E-state index contributed by atoms with van der Waals surface area (Å²) in [5, 5.41) is 7.62. The van der Waals surface area contributed by atoms with E-state index in [-0.39, 0.29) is 0 Å². The third-order valence-electron chi connectivity index (χ3n) is 1.61. The van der Waals surface area contributed by atoms with E-state index < -0.39 is 0 Å². The molecule has 0 aliphatic carbocycles. The third kappa shape index (κ3) is 3.02. The highest BCUT2D eigenvalue weighted by Gasteiger charge is 1.86. The van der Waals surface area contributed by atoms with Crippen molar-refractivity contribution in [2.45, 2.75) is 0 Å². The zero-order valence-electron chi connectivity index (χ0n) is 8.30. The molecule has 6 heteroatoms. The average molecular weight is 212 g/mol. The minimum Gasteiger partial charge on any atom is -0.261 e. The lowest BCUT2D eigenvalue weighted by atomic mass is 10.5. The van der Waals surface area contributed by atoms with Crippen LogP contribution in [0.2, 0.25) is 0 Å². The van der Waals surface area contributed by atoms with Crippen molar-refractivity contribution in [1.82, 2.24) is 19.9 Å². The van der Waals surface area contributed by atoms with Gasteiger partial charge in [0.05, 0.1) is 24.8 Å². The Hall–Kier alpha value is -2.50. The predicted molar refractivity (Wildman–Crippen MR) is 59.3 cm³/mol. The molecule has 0 spiro atoms. The van der Waals surface area contributed by atoms with Gasteiger partial charge in [0, 0.05) is 24.8 Å². The number of nitrogens with zero attached hydrogens (tertiary/aromatic N) is 6. The maximum Gasteiger partial charge on any atom is 0.101 e. The number of rotatable bonds is 3. The quantitative estimate of drug-likeness (QED) is 0.554. The Labute approximate surface area is 91.9 Å². The SMILES string of the molecule is C(=NN=Cc1cnccn1)c1cnccn1. The summed E-state index contributed by atoms with van der Waals surface area (Å²) in [5.74, 6) is 0. The first kappa shape index (κ1) is 10.0. The summed E-state index contributed by atoms with van der Waals surface area (Å²) in [6, 6.07) is 0. The van der Waals surface area contributed by atoms with E-state index in [0.717, 1.165) is 0 Å². The van der Waals surface area contributed by atoms with Crippen LogP contribution in [0.15, 0.2) is 47.4 Å². The second-order valence-corrected chi connectivity index (χ2v) is 2.75. The van der Waals surface area contributed by atoms with Gasteiger partial charge in [0.15, 0.2) is 0 Å². The molecular weight excluding hydrogens is 204 g/mol. The normalized spacial score (nSPS) is 11.2. The van der Waals surface area contributed by atoms with Crippen molar-refractivity contribution >= 4 is 12.4 Å². The van der Waals surface area contributed by atoms with Gasteiger partial charge in [0.1, 0.15) is 11.4 Å². The highest BCUT2D eigenvalue weighted by Crippen LogP contribution is 1.87. The van der Waals surface area contributed by atoms with Gasteiger partial charge in [0.2, 0.25) is 0 Å². The van der Waals surface area contributed by atoms with Gasteiger partial charge in [-0.2, -0.15) is 10.2 Å². The van der Waals surface area contributed by atoms with Crippen molar-refractivity contribution in [3.8, 4) is 0 Å². The minimum absolute atomic E-state index is 0.652. The fraction of sp³-hybridized carbons (Fsp3) is 0. The van der Waals surface area contributed by atoms with Crippen molar-refractivity contribution in [3.05, 3.63) is 48.6 Å². The maximum absolute atomic E-state index is 4.01. The van der Waals surface area contributed by atoms with Crippen LogP contribution >= 0.6 is 0 Å². The maximum atomic E-state index is 4.01. The summed E-state index contributed by atoms with van der Waals surface area (Å²) >= 11 is 0. The molecule has 0 bridgehead atoms. The van der Waals surface area contributed by atoms with E-state index >= 15 is 0 Å². The molecule has 2 heterocycles. The molecule has 0 saturated carbocycles. The van der Waals surface area contributed by atoms with E-state index in [1.165, 1.54) is 12.4 Å². The van der Waals surface area contributed by atoms with Crippen LogP contribution in [0.3, 0.4) is 0 Å². The summed E-state index contributed by atoms with van der Waals surface area (Å²) in [6.07, 6.45) is 12.6. The number of hydrogen-bond acceptors (Lipinski definition) is 6. The predicted octanol–water partition coefficient (Wildman–Crippen LogP) is 0.720. The summed E-state index contributed by atoms with van der Waals surface area (Å²) in [6.45, 7) is 0. The summed E-state index contributed by atoms with van der Waals surface area (Å²) in [7, 11) is 0. The van der Waals surface area contributed by atoms with E-state index in [4.69, 9.17) is 0 Å². The van der Waals surface area contributed by atoms with E-state index in [1.807, 2.05) is 0 Å². The van der Waals surface area contributed by atoms with E-state index in [9.17, 15) is 0 Å². The first-order chi connectivity index (χ1) is 7.95. The van der Waals surface area contributed by atoms with Crippen molar-refractivity contribution in [3.63, 3.8) is 0 Å². The van der Waals surface area contributed by atoms with Crippen molar-refractivity contribution in [2.75, 3.05) is 0 Å². The van der Waals surface area contributed by atoms with Crippen LogP contribution in [-0.4, -0.2) is 32.4 Å². The lowest BCUT2D eigenvalue weighted by molar-refractivity contribution is 1.16. The fourth-order valence-electron chi connectivity index (χ4n) is 0.940. The Kier molecular flexibility index (Phi) is 3.38. The summed E-state index contributed by atoms with van der Waals surface area (Å²) in [5.41, 5.74) is 1.30. The molecule has 0 aliphatic heterocycles. The van der Waals surface area contributed by atoms with Crippen LogP contribution in [0, 0.1) is 0 Å². The van der Waals surface area contributed by atoms with E-state index in [0.29, 0.717) is 11.4 Å². The van der Waals surface area contributed by atoms with Gasteiger partial charge >= 0.3 is 0 Å². The molecular formula is C10H8N6. The molecule has 2 aromatic rings. The molecule has 0 radical (unpaired) electrons. The number of aromatic nitrogens is 4. The van der Waals surface area contributed by atoms with E-state index in [1.54, 1.807) is 37.2 Å². The highest BCUT2D eigenvalue weighted by atomic mass is 15.2. The molecule has 0 aromatic carbocycles. The van der Waals surface area contributed by atoms with Gasteiger partial charge in [-0.25, -0.2) is 0 Å². The molecule has 0 N–H and O–H groups in total. The fourth-order valence-corrected chi connectivity index (χ4v) is 0.940. The Morgan fingerprint density at radius 1 is 0.750 bits per heavy atom. The molecule has 0 amide bonds. The van der Waals surface area contributed by atoms with Crippen molar-refractivity contribution in [1.29, 1.82) is 0 Å². The van der Waals surface area contributed by atoms with E-state index in [2.05, 4.69) is 30.1 Å². The van der Waals surface area contributed by atoms with Crippen molar-refractivity contribution in [2.24, 2.45) is 10.2 Å². The molecule has 16 heavy (non-hydrogen) atoms. The van der Waals surface area contributed by atoms with Gasteiger partial charge in [-0.3, -0.25) is 19.9 Å². The van der Waals surface area contributed by atoms with Gasteiger partial charge in [-0.1, -0.05) is 0 Å². The first-order valence-corrected chi connectivity index (χ1v) is 4.53. The van der Waals surface area contributed by atoms with Crippen LogP contribution < -0.4 is 0 Å². The lowest BCUT2D eigenvalue weighted by Crippen LogP contribution is -1.88. The van der Waals surface area contributed by atoms with Gasteiger partial charge < -0.3 is 0 Å². The van der Waals surface area contributed by atoms with Crippen LogP contribution in [0.4, 0.5) is 0 Å². The Balaban J connectivity index is 1.98. The third-order valence-corrected chi connectivity index (χ3v) is 1.61. The molecule has 0 atom stereocenters. The van der Waals surface area contributed by atoms with Crippen LogP contribution in [0.5, 0.6) is 0 Å². The zero-order valence-corrected chi connectivity index (χ0v) is 8.30. The Bertz CT molecular complexity index is 432. The molecule has 78 valence electrons. The summed E-state index contributed by atoms with van der Waals surface area (Å²) in [4.78, 5) is 15.8. The van der Waals surface area contributed by atoms with Gasteiger partial charge in [-0.05, 0) is 0 Å². The topological polar surface area (TPSA) is 76.3 Å². The summed E-state index contributed by atoms with van der Waals surface area (Å²) < 4.78 is 0. The molecule has 2 rings (SSSR count). The van der Waals surface area contributed by atoms with Crippen molar-refractivity contribution < 1.29 is 0 Å². The second kappa shape index (κ2) is 5.40. The number of hydrogen-bond donors (Lipinski definition) is 0.